The minimum Gasteiger partial charge on any atom is -0.375 e. The van der Waals surface area contributed by atoms with Gasteiger partial charge in [-0.05, 0) is 25.7 Å². The Bertz CT molecular complexity index is 370. The first kappa shape index (κ1) is 13.0. The zero-order valence-corrected chi connectivity index (χ0v) is 10.8. The van der Waals surface area contributed by atoms with E-state index in [0.29, 0.717) is 6.61 Å². The van der Waals surface area contributed by atoms with Gasteiger partial charge in [0.15, 0.2) is 0 Å². The van der Waals surface area contributed by atoms with Crippen molar-refractivity contribution in [2.75, 3.05) is 6.61 Å². The van der Waals surface area contributed by atoms with Gasteiger partial charge in [0.05, 0.1) is 11.6 Å². The van der Waals surface area contributed by atoms with Crippen molar-refractivity contribution in [1.29, 1.82) is 0 Å². The normalized spacial score (nSPS) is 26.8. The van der Waals surface area contributed by atoms with E-state index in [9.17, 15) is 9.59 Å². The summed E-state index contributed by atoms with van der Waals surface area (Å²) in [6, 6.07) is 0.0901. The Balaban J connectivity index is 2.04. The lowest BCUT2D eigenvalue weighted by Gasteiger charge is -2.38. The predicted octanol–water partition coefficient (Wildman–Crippen LogP) is 0.326. The van der Waals surface area contributed by atoms with Crippen molar-refractivity contribution in [3.05, 3.63) is 0 Å². The molecule has 2 saturated heterocycles. The molecule has 0 aromatic rings. The third-order valence-corrected chi connectivity index (χ3v) is 3.74. The average molecular weight is 253 g/mol. The Hall–Kier alpha value is -1.43. The molecule has 0 aliphatic carbocycles. The Labute approximate surface area is 106 Å². The van der Waals surface area contributed by atoms with Gasteiger partial charge in [-0.2, -0.15) is 0 Å². The van der Waals surface area contributed by atoms with Gasteiger partial charge in [-0.3, -0.25) is 20.2 Å². The molecule has 18 heavy (non-hydrogen) atoms. The van der Waals surface area contributed by atoms with Crippen LogP contribution < -0.4 is 10.6 Å². The van der Waals surface area contributed by atoms with Gasteiger partial charge in [-0.1, -0.05) is 13.8 Å². The lowest BCUT2D eigenvalue weighted by molar-refractivity contribution is -0.135. The molecule has 0 saturated carbocycles. The highest BCUT2D eigenvalue weighted by Gasteiger charge is 2.35. The molecule has 0 aromatic carbocycles. The molecule has 0 aromatic heterocycles. The molecule has 1 atom stereocenters. The summed E-state index contributed by atoms with van der Waals surface area (Å²) in [6.07, 6.45) is 3.54. The van der Waals surface area contributed by atoms with Crippen LogP contribution in [0.3, 0.4) is 0 Å². The van der Waals surface area contributed by atoms with Gasteiger partial charge in [-0.15, -0.1) is 0 Å². The minimum atomic E-state index is -0.641. The summed E-state index contributed by atoms with van der Waals surface area (Å²) in [7, 11) is 0. The Morgan fingerprint density at radius 1 is 1.28 bits per heavy atom. The second kappa shape index (κ2) is 5.06. The Morgan fingerprint density at radius 3 is 2.44 bits per heavy atom. The van der Waals surface area contributed by atoms with E-state index in [4.69, 9.17) is 4.74 Å². The summed E-state index contributed by atoms with van der Waals surface area (Å²) in [4.78, 5) is 26.5. The molecule has 0 spiro atoms. The van der Waals surface area contributed by atoms with Crippen LogP contribution in [0.2, 0.25) is 0 Å². The number of carbonyl (C=O) groups is 2. The van der Waals surface area contributed by atoms with Crippen LogP contribution in [0.15, 0.2) is 4.99 Å². The SMILES string of the molecule is CCC1(CC)CC(N=C2NC(=O)C(=O)N2)CCO1. The molecule has 0 bridgehead atoms. The van der Waals surface area contributed by atoms with E-state index in [0.717, 1.165) is 25.7 Å². The molecule has 100 valence electrons. The largest absolute Gasteiger partial charge is 0.375 e. The quantitative estimate of drug-likeness (QED) is 0.711. The maximum atomic E-state index is 11.0. The second-order valence-corrected chi connectivity index (χ2v) is 4.77. The number of nitrogens with one attached hydrogen (secondary N) is 2. The van der Waals surface area contributed by atoms with Crippen LogP contribution in [0.1, 0.15) is 39.5 Å². The molecule has 0 radical (unpaired) electrons. The lowest BCUT2D eigenvalue weighted by Crippen LogP contribution is -2.41. The number of carbonyl (C=O) groups excluding carboxylic acids is 2. The molecule has 2 N–H and O–H groups in total. The molecule has 2 rings (SSSR count). The maximum Gasteiger partial charge on any atom is 0.316 e. The van der Waals surface area contributed by atoms with Gasteiger partial charge in [0.2, 0.25) is 5.96 Å². The van der Waals surface area contributed by atoms with E-state index >= 15 is 0 Å². The van der Waals surface area contributed by atoms with Crippen molar-refractivity contribution in [2.24, 2.45) is 4.99 Å². The van der Waals surface area contributed by atoms with Crippen molar-refractivity contribution in [3.8, 4) is 0 Å². The molecule has 2 aliphatic rings. The van der Waals surface area contributed by atoms with Gasteiger partial charge in [0.25, 0.3) is 0 Å². The van der Waals surface area contributed by atoms with Gasteiger partial charge < -0.3 is 4.74 Å². The predicted molar refractivity (Wildman–Crippen MR) is 66.0 cm³/mol. The molecule has 2 aliphatic heterocycles. The molecule has 2 amide bonds. The number of nitrogens with zero attached hydrogens (tertiary/aromatic N) is 1. The zero-order chi connectivity index (χ0) is 13.2. The number of rotatable bonds is 3. The minimum absolute atomic E-state index is 0.0901. The molecule has 6 heteroatoms. The van der Waals surface area contributed by atoms with E-state index < -0.39 is 11.8 Å². The van der Waals surface area contributed by atoms with Crippen molar-refractivity contribution in [1.82, 2.24) is 10.6 Å². The first-order valence-corrected chi connectivity index (χ1v) is 6.42. The number of hydrogen-bond donors (Lipinski definition) is 2. The number of aliphatic imine (C=N–C) groups is 1. The van der Waals surface area contributed by atoms with Crippen LogP contribution in [0.5, 0.6) is 0 Å². The van der Waals surface area contributed by atoms with Crippen molar-refractivity contribution in [3.63, 3.8) is 0 Å². The summed E-state index contributed by atoms with van der Waals surface area (Å²) >= 11 is 0. The van der Waals surface area contributed by atoms with Crippen molar-refractivity contribution in [2.45, 2.75) is 51.2 Å². The van der Waals surface area contributed by atoms with Crippen LogP contribution >= 0.6 is 0 Å². The molecular weight excluding hydrogens is 234 g/mol. The number of guanidine groups is 1. The lowest BCUT2D eigenvalue weighted by atomic mass is 9.86. The van der Waals surface area contributed by atoms with Gasteiger partial charge in [-0.25, -0.2) is 4.99 Å². The second-order valence-electron chi connectivity index (χ2n) is 4.77. The Morgan fingerprint density at radius 2 is 1.89 bits per heavy atom. The number of hydrogen-bond acceptors (Lipinski definition) is 4. The van der Waals surface area contributed by atoms with Gasteiger partial charge in [0.1, 0.15) is 0 Å². The molecule has 6 nitrogen and oxygen atoms in total. The van der Waals surface area contributed by atoms with E-state index in [1.807, 2.05) is 0 Å². The number of ether oxygens (including phenoxy) is 1. The molecule has 1 unspecified atom stereocenters. The van der Waals surface area contributed by atoms with E-state index in [1.54, 1.807) is 0 Å². The van der Waals surface area contributed by atoms with Gasteiger partial charge >= 0.3 is 11.8 Å². The van der Waals surface area contributed by atoms with E-state index in [2.05, 4.69) is 29.5 Å². The van der Waals surface area contributed by atoms with Crippen LogP contribution in [-0.4, -0.2) is 36.0 Å². The third-order valence-electron chi connectivity index (χ3n) is 3.74. The summed E-state index contributed by atoms with van der Waals surface area (Å²) in [5.74, 6) is -1.01. The highest BCUT2D eigenvalue weighted by Crippen LogP contribution is 2.32. The molecular formula is C12H19N3O3. The van der Waals surface area contributed by atoms with Crippen LogP contribution in [0, 0.1) is 0 Å². The first-order chi connectivity index (χ1) is 8.58. The Kier molecular flexibility index (Phi) is 3.65. The fraction of sp³-hybridized carbons (Fsp3) is 0.750. The highest BCUT2D eigenvalue weighted by atomic mass is 16.5. The van der Waals surface area contributed by atoms with E-state index in [1.165, 1.54) is 0 Å². The maximum absolute atomic E-state index is 11.0. The zero-order valence-electron chi connectivity index (χ0n) is 10.8. The van der Waals surface area contributed by atoms with Crippen molar-refractivity contribution >= 4 is 17.8 Å². The van der Waals surface area contributed by atoms with E-state index in [-0.39, 0.29) is 17.6 Å². The van der Waals surface area contributed by atoms with Crippen LogP contribution in [0.25, 0.3) is 0 Å². The van der Waals surface area contributed by atoms with Gasteiger partial charge in [0, 0.05) is 6.61 Å². The van der Waals surface area contributed by atoms with Crippen LogP contribution in [-0.2, 0) is 14.3 Å². The standard InChI is InChI=1S/C12H19N3O3/c1-3-12(4-2)7-8(5-6-18-12)13-11-14-9(16)10(17)15-11/h8H,3-7H2,1-2H3,(H2,13,14,15,16,17). The third kappa shape index (κ3) is 2.53. The highest BCUT2D eigenvalue weighted by molar-refractivity contribution is 6.45. The smallest absolute Gasteiger partial charge is 0.316 e. The first-order valence-electron chi connectivity index (χ1n) is 6.42. The summed E-state index contributed by atoms with van der Waals surface area (Å²) in [5.41, 5.74) is -0.112. The fourth-order valence-corrected chi connectivity index (χ4v) is 2.46. The van der Waals surface area contributed by atoms with Crippen molar-refractivity contribution < 1.29 is 14.3 Å². The van der Waals surface area contributed by atoms with Crippen LogP contribution in [0.4, 0.5) is 0 Å². The molecule has 2 fully saturated rings. The summed E-state index contributed by atoms with van der Waals surface area (Å²) in [5, 5.41) is 4.85. The number of amides is 2. The summed E-state index contributed by atoms with van der Waals surface area (Å²) in [6.45, 7) is 4.89. The topological polar surface area (TPSA) is 79.8 Å². The fourth-order valence-electron chi connectivity index (χ4n) is 2.46. The molecule has 2 heterocycles. The summed E-state index contributed by atoms with van der Waals surface area (Å²) < 4.78 is 5.86. The monoisotopic (exact) mass is 253 g/mol. The average Bonchev–Trinajstić information content (AvgIpc) is 2.68.